The molecule has 0 spiro atoms. The molecule has 0 unspecified atom stereocenters. The molecule has 28 heavy (non-hydrogen) atoms. The third-order valence-electron chi connectivity index (χ3n) is 5.42. The maximum Gasteiger partial charge on any atom is 0.274 e. The molecular weight excluding hydrogens is 380 g/mol. The maximum atomic E-state index is 13.2. The minimum absolute atomic E-state index is 0.157. The van der Waals surface area contributed by atoms with E-state index in [4.69, 9.17) is 4.74 Å². The predicted molar refractivity (Wildman–Crippen MR) is 102 cm³/mol. The number of benzene rings is 1. The molecule has 1 aromatic carbocycles. The first-order chi connectivity index (χ1) is 13.4. The number of morpholine rings is 1. The zero-order valence-corrected chi connectivity index (χ0v) is 16.9. The monoisotopic (exact) mass is 404 g/mol. The van der Waals surface area contributed by atoms with Crippen LogP contribution in [-0.2, 0) is 34.8 Å². The van der Waals surface area contributed by atoms with E-state index in [0.717, 1.165) is 5.69 Å². The van der Waals surface area contributed by atoms with Crippen LogP contribution < -0.4 is 0 Å². The van der Waals surface area contributed by atoms with Crippen LogP contribution in [0.5, 0.6) is 0 Å². The number of rotatable bonds is 3. The van der Waals surface area contributed by atoms with Crippen molar-refractivity contribution in [2.24, 2.45) is 7.05 Å². The van der Waals surface area contributed by atoms with E-state index in [1.54, 1.807) is 41.8 Å². The first-order valence-corrected chi connectivity index (χ1v) is 10.8. The number of hydrogen-bond donors (Lipinski definition) is 0. The molecule has 1 aromatic heterocycles. The molecule has 0 bridgehead atoms. The lowest BCUT2D eigenvalue weighted by Crippen LogP contribution is -2.42. The molecule has 1 fully saturated rings. The second kappa shape index (κ2) is 7.31. The van der Waals surface area contributed by atoms with Crippen molar-refractivity contribution in [1.82, 2.24) is 19.0 Å². The van der Waals surface area contributed by atoms with Gasteiger partial charge in [0.05, 0.1) is 18.1 Å². The Morgan fingerprint density at radius 1 is 1.14 bits per heavy atom. The molecule has 0 radical (unpaired) electrons. The van der Waals surface area contributed by atoms with E-state index in [1.807, 2.05) is 6.07 Å². The Morgan fingerprint density at radius 3 is 2.57 bits per heavy atom. The third-order valence-corrected chi connectivity index (χ3v) is 7.42. The summed E-state index contributed by atoms with van der Waals surface area (Å²) in [5.41, 5.74) is 2.70. The summed E-state index contributed by atoms with van der Waals surface area (Å²) in [4.78, 5) is 15.0. The van der Waals surface area contributed by atoms with Crippen molar-refractivity contribution in [1.29, 1.82) is 0 Å². The average molecular weight is 404 g/mol. The van der Waals surface area contributed by atoms with Gasteiger partial charge in [-0.05, 0) is 18.6 Å². The fourth-order valence-corrected chi connectivity index (χ4v) is 5.48. The second-order valence-corrected chi connectivity index (χ2v) is 9.06. The summed E-state index contributed by atoms with van der Waals surface area (Å²) in [5.74, 6) is -0.157. The van der Waals surface area contributed by atoms with Gasteiger partial charge in [0.2, 0.25) is 10.0 Å². The van der Waals surface area contributed by atoms with Crippen LogP contribution in [0.1, 0.15) is 27.3 Å². The van der Waals surface area contributed by atoms with Crippen molar-refractivity contribution in [2.45, 2.75) is 24.8 Å². The van der Waals surface area contributed by atoms with Crippen LogP contribution in [0.4, 0.5) is 0 Å². The lowest BCUT2D eigenvalue weighted by molar-refractivity contribution is 0.0297. The van der Waals surface area contributed by atoms with E-state index in [0.29, 0.717) is 61.0 Å². The Hall–Kier alpha value is -2.23. The van der Waals surface area contributed by atoms with E-state index < -0.39 is 10.0 Å². The van der Waals surface area contributed by atoms with E-state index in [2.05, 4.69) is 5.10 Å². The number of fused-ring (bicyclic) bond motifs is 1. The largest absolute Gasteiger partial charge is 0.378 e. The molecule has 150 valence electrons. The van der Waals surface area contributed by atoms with Crippen LogP contribution in [0.2, 0.25) is 0 Å². The Morgan fingerprint density at radius 2 is 1.86 bits per heavy atom. The molecule has 2 aliphatic heterocycles. The Kier molecular flexibility index (Phi) is 4.98. The van der Waals surface area contributed by atoms with E-state index in [-0.39, 0.29) is 12.5 Å². The van der Waals surface area contributed by atoms with Crippen molar-refractivity contribution in [3.63, 3.8) is 0 Å². The lowest BCUT2D eigenvalue weighted by atomic mass is 10.1. The van der Waals surface area contributed by atoms with Crippen molar-refractivity contribution in [3.05, 3.63) is 46.8 Å². The Balaban J connectivity index is 1.66. The molecule has 0 saturated carbocycles. The van der Waals surface area contributed by atoms with Crippen LogP contribution in [0.25, 0.3) is 0 Å². The smallest absolute Gasteiger partial charge is 0.274 e. The van der Waals surface area contributed by atoms with Crippen molar-refractivity contribution in [3.8, 4) is 0 Å². The molecule has 2 aromatic rings. The molecule has 0 aliphatic carbocycles. The van der Waals surface area contributed by atoms with E-state index in [9.17, 15) is 13.2 Å². The molecule has 1 amide bonds. The normalized spacial score (nSPS) is 18.1. The second-order valence-electron chi connectivity index (χ2n) is 7.16. The van der Waals surface area contributed by atoms with Gasteiger partial charge < -0.3 is 9.64 Å². The summed E-state index contributed by atoms with van der Waals surface area (Å²) in [6.07, 6.45) is 0.528. The summed E-state index contributed by atoms with van der Waals surface area (Å²) < 4.78 is 34.9. The van der Waals surface area contributed by atoms with Gasteiger partial charge in [0.15, 0.2) is 5.69 Å². The highest BCUT2D eigenvalue weighted by Crippen LogP contribution is 2.28. The van der Waals surface area contributed by atoms with Crippen molar-refractivity contribution < 1.29 is 17.9 Å². The maximum absolute atomic E-state index is 13.2. The van der Waals surface area contributed by atoms with Crippen molar-refractivity contribution >= 4 is 15.9 Å². The molecule has 2 aliphatic rings. The van der Waals surface area contributed by atoms with Crippen LogP contribution in [0.15, 0.2) is 29.2 Å². The molecule has 0 N–H and O–H groups in total. The highest BCUT2D eigenvalue weighted by molar-refractivity contribution is 7.89. The number of nitrogens with zero attached hydrogens (tertiary/aromatic N) is 4. The topological polar surface area (TPSA) is 84.7 Å². The zero-order chi connectivity index (χ0) is 19.9. The highest BCUT2D eigenvalue weighted by atomic mass is 32.2. The van der Waals surface area contributed by atoms with Gasteiger partial charge in [-0.15, -0.1) is 0 Å². The van der Waals surface area contributed by atoms with Gasteiger partial charge in [-0.3, -0.25) is 9.48 Å². The predicted octanol–water partition coefficient (Wildman–Crippen LogP) is 0.948. The fraction of sp³-hybridized carbons (Fsp3) is 0.474. The molecule has 9 heteroatoms. The van der Waals surface area contributed by atoms with Gasteiger partial charge in [0.25, 0.3) is 5.91 Å². The number of ether oxygens (including phenoxy) is 1. The quantitative estimate of drug-likeness (QED) is 0.760. The van der Waals surface area contributed by atoms with Gasteiger partial charge in [-0.25, -0.2) is 8.42 Å². The van der Waals surface area contributed by atoms with Gasteiger partial charge in [0, 0.05) is 50.9 Å². The lowest BCUT2D eigenvalue weighted by Gasteiger charge is -2.29. The molecule has 4 rings (SSSR count). The summed E-state index contributed by atoms with van der Waals surface area (Å²) in [6.45, 7) is 4.38. The standard InChI is InChI=1S/C19H24N4O4S/c1-14-5-3-4-6-17(14)28(25,26)23-8-7-16-15(13-23)18(20-21(16)2)19(24)22-9-11-27-12-10-22/h3-6H,7-13H2,1-2H3. The Labute approximate surface area is 164 Å². The summed E-state index contributed by atoms with van der Waals surface area (Å²) >= 11 is 0. The Bertz CT molecular complexity index is 1010. The van der Waals surface area contributed by atoms with Gasteiger partial charge >= 0.3 is 0 Å². The number of carbonyl (C=O) groups excluding carboxylic acids is 1. The third kappa shape index (κ3) is 3.23. The number of sulfonamides is 1. The molecule has 3 heterocycles. The van der Waals surface area contributed by atoms with E-state index in [1.165, 1.54) is 4.31 Å². The van der Waals surface area contributed by atoms with Gasteiger partial charge in [-0.1, -0.05) is 18.2 Å². The molecular formula is C19H24N4O4S. The number of aromatic nitrogens is 2. The minimum Gasteiger partial charge on any atom is -0.378 e. The average Bonchev–Trinajstić information content (AvgIpc) is 3.04. The zero-order valence-electron chi connectivity index (χ0n) is 16.1. The number of carbonyl (C=O) groups is 1. The van der Waals surface area contributed by atoms with Gasteiger partial charge in [-0.2, -0.15) is 9.40 Å². The van der Waals surface area contributed by atoms with Gasteiger partial charge in [0.1, 0.15) is 0 Å². The van der Waals surface area contributed by atoms with Crippen LogP contribution in [0.3, 0.4) is 0 Å². The molecule has 1 saturated heterocycles. The summed E-state index contributed by atoms with van der Waals surface area (Å²) in [7, 11) is -1.84. The van der Waals surface area contributed by atoms with E-state index >= 15 is 0 Å². The first-order valence-electron chi connectivity index (χ1n) is 9.37. The number of amides is 1. The SMILES string of the molecule is Cc1ccccc1S(=O)(=O)N1CCc2c(c(C(=O)N3CCOCC3)nn2C)C1. The summed E-state index contributed by atoms with van der Waals surface area (Å²) in [6, 6.07) is 6.97. The van der Waals surface area contributed by atoms with Crippen molar-refractivity contribution in [2.75, 3.05) is 32.8 Å². The van der Waals surface area contributed by atoms with Crippen LogP contribution >= 0.6 is 0 Å². The molecule has 0 atom stereocenters. The highest BCUT2D eigenvalue weighted by Gasteiger charge is 2.35. The van der Waals surface area contributed by atoms with Crippen LogP contribution in [0, 0.1) is 6.92 Å². The number of hydrogen-bond acceptors (Lipinski definition) is 5. The molecule has 8 nitrogen and oxygen atoms in total. The first kappa shape index (κ1) is 19.1. The fourth-order valence-electron chi connectivity index (χ4n) is 3.85. The van der Waals surface area contributed by atoms with Crippen LogP contribution in [-0.4, -0.2) is 66.2 Å². The number of aryl methyl sites for hydroxylation is 2. The summed E-state index contributed by atoms with van der Waals surface area (Å²) in [5, 5.41) is 4.44. The minimum atomic E-state index is -3.64.